The molecule has 0 aliphatic carbocycles. The Balaban J connectivity index is 2.31. The Labute approximate surface area is 141 Å². The number of nitrogens with two attached hydrogens (primary N) is 1. The number of sulfonamides is 1. The molecule has 0 radical (unpaired) electrons. The van der Waals surface area contributed by atoms with Gasteiger partial charge in [0.2, 0.25) is 0 Å². The van der Waals surface area contributed by atoms with E-state index in [0.717, 1.165) is 16.9 Å². The molecule has 4 nitrogen and oxygen atoms in total. The molecule has 8 heteroatoms. The van der Waals surface area contributed by atoms with Gasteiger partial charge >= 0.3 is 0 Å². The molecule has 1 aromatic heterocycles. The van der Waals surface area contributed by atoms with E-state index in [9.17, 15) is 8.42 Å². The minimum atomic E-state index is -3.57. The van der Waals surface area contributed by atoms with Gasteiger partial charge in [-0.1, -0.05) is 30.7 Å². The normalized spacial score (nSPS) is 12.0. The van der Waals surface area contributed by atoms with Gasteiger partial charge in [0, 0.05) is 18.8 Å². The van der Waals surface area contributed by atoms with Crippen LogP contribution in [0.3, 0.4) is 0 Å². The second-order valence-corrected chi connectivity index (χ2v) is 9.31. The first-order valence-electron chi connectivity index (χ1n) is 6.14. The van der Waals surface area contributed by atoms with Crippen LogP contribution in [-0.4, -0.2) is 19.3 Å². The number of anilines is 1. The number of hydrogen-bond acceptors (Lipinski definition) is 4. The summed E-state index contributed by atoms with van der Waals surface area (Å²) < 4.78 is 27.5. The van der Waals surface area contributed by atoms with Crippen LogP contribution in [0.5, 0.6) is 0 Å². The lowest BCUT2D eigenvalue weighted by atomic mass is 10.2. The monoisotopic (exact) mass is 408 g/mol. The zero-order valence-corrected chi connectivity index (χ0v) is 15.2. The van der Waals surface area contributed by atoms with Gasteiger partial charge in [-0.05, 0) is 39.7 Å². The summed E-state index contributed by atoms with van der Waals surface area (Å²) in [4.78, 5) is 0. The first-order chi connectivity index (χ1) is 9.84. The zero-order chi connectivity index (χ0) is 15.6. The molecule has 2 rings (SSSR count). The van der Waals surface area contributed by atoms with Crippen LogP contribution in [0.2, 0.25) is 5.02 Å². The number of thiophene rings is 1. The molecule has 0 aliphatic rings. The van der Waals surface area contributed by atoms with Gasteiger partial charge in [0.1, 0.15) is 4.21 Å². The van der Waals surface area contributed by atoms with E-state index < -0.39 is 10.0 Å². The molecule has 114 valence electrons. The standard InChI is InChI=1S/C13H14BrClN2O2S2/c1-2-17(8-9-4-3-5-10(16)6-9)21(18,19)12-7-11(15)13(14)20-12/h3-7H,2,8,16H2,1H3. The summed E-state index contributed by atoms with van der Waals surface area (Å²) >= 11 is 10.3. The lowest BCUT2D eigenvalue weighted by Crippen LogP contribution is -2.29. The molecule has 0 saturated carbocycles. The van der Waals surface area contributed by atoms with Crippen LogP contribution in [0.15, 0.2) is 38.3 Å². The van der Waals surface area contributed by atoms with Gasteiger partial charge in [-0.2, -0.15) is 4.31 Å². The number of nitrogens with zero attached hydrogens (tertiary/aromatic N) is 1. The molecule has 0 unspecified atom stereocenters. The highest BCUT2D eigenvalue weighted by Gasteiger charge is 2.26. The van der Waals surface area contributed by atoms with Crippen molar-refractivity contribution in [3.05, 3.63) is 44.7 Å². The van der Waals surface area contributed by atoms with Crippen molar-refractivity contribution < 1.29 is 8.42 Å². The van der Waals surface area contributed by atoms with E-state index in [2.05, 4.69) is 15.9 Å². The third kappa shape index (κ3) is 3.78. The minimum Gasteiger partial charge on any atom is -0.399 e. The smallest absolute Gasteiger partial charge is 0.252 e. The van der Waals surface area contributed by atoms with Crippen LogP contribution in [-0.2, 0) is 16.6 Å². The van der Waals surface area contributed by atoms with Crippen LogP contribution in [0, 0.1) is 0 Å². The van der Waals surface area contributed by atoms with Crippen molar-refractivity contribution in [1.29, 1.82) is 0 Å². The number of nitrogen functional groups attached to an aromatic ring is 1. The van der Waals surface area contributed by atoms with Crippen LogP contribution >= 0.6 is 38.9 Å². The van der Waals surface area contributed by atoms with E-state index in [1.807, 2.05) is 12.1 Å². The van der Waals surface area contributed by atoms with Crippen molar-refractivity contribution in [1.82, 2.24) is 4.31 Å². The van der Waals surface area contributed by atoms with Crippen molar-refractivity contribution in [3.8, 4) is 0 Å². The van der Waals surface area contributed by atoms with Gasteiger partial charge in [-0.15, -0.1) is 11.3 Å². The second kappa shape index (κ2) is 6.66. The molecule has 0 aliphatic heterocycles. The van der Waals surface area contributed by atoms with Crippen molar-refractivity contribution in [2.75, 3.05) is 12.3 Å². The minimum absolute atomic E-state index is 0.227. The van der Waals surface area contributed by atoms with Gasteiger partial charge in [-0.3, -0.25) is 0 Å². The summed E-state index contributed by atoms with van der Waals surface area (Å²) in [6.07, 6.45) is 0. The van der Waals surface area contributed by atoms with E-state index in [-0.39, 0.29) is 10.8 Å². The molecule has 0 fully saturated rings. The van der Waals surface area contributed by atoms with Crippen molar-refractivity contribution >= 4 is 54.6 Å². The van der Waals surface area contributed by atoms with E-state index in [1.54, 1.807) is 19.1 Å². The molecule has 1 aromatic carbocycles. The largest absolute Gasteiger partial charge is 0.399 e. The van der Waals surface area contributed by atoms with Gasteiger partial charge in [0.15, 0.2) is 0 Å². The fraction of sp³-hybridized carbons (Fsp3) is 0.231. The Morgan fingerprint density at radius 3 is 2.62 bits per heavy atom. The third-order valence-corrected chi connectivity index (χ3v) is 7.72. The average molecular weight is 410 g/mol. The maximum absolute atomic E-state index is 12.6. The summed E-state index contributed by atoms with van der Waals surface area (Å²) in [6, 6.07) is 8.67. The number of rotatable bonds is 5. The molecule has 0 saturated heterocycles. The lowest BCUT2D eigenvalue weighted by Gasteiger charge is -2.19. The van der Waals surface area contributed by atoms with Crippen LogP contribution in [0.4, 0.5) is 5.69 Å². The molecule has 0 spiro atoms. The molecule has 0 amide bonds. The molecular formula is C13H14BrClN2O2S2. The summed E-state index contributed by atoms with van der Waals surface area (Å²) in [5, 5.41) is 0.401. The van der Waals surface area contributed by atoms with Gasteiger partial charge < -0.3 is 5.73 Å². The summed E-state index contributed by atoms with van der Waals surface area (Å²) in [6.45, 7) is 2.44. The second-order valence-electron chi connectivity index (χ2n) is 4.36. The molecule has 0 atom stereocenters. The SMILES string of the molecule is CCN(Cc1cccc(N)c1)S(=O)(=O)c1cc(Cl)c(Br)s1. The van der Waals surface area contributed by atoms with Crippen molar-refractivity contribution in [2.45, 2.75) is 17.7 Å². The third-order valence-electron chi connectivity index (χ3n) is 2.88. The first-order valence-corrected chi connectivity index (χ1v) is 9.56. The van der Waals surface area contributed by atoms with E-state index in [0.29, 0.717) is 21.0 Å². The Morgan fingerprint density at radius 2 is 2.10 bits per heavy atom. The summed E-state index contributed by atoms with van der Waals surface area (Å²) in [7, 11) is -3.57. The Kier molecular flexibility index (Phi) is 5.32. The maximum Gasteiger partial charge on any atom is 0.252 e. The van der Waals surface area contributed by atoms with Gasteiger partial charge in [0.05, 0.1) is 8.81 Å². The van der Waals surface area contributed by atoms with E-state index >= 15 is 0 Å². The number of hydrogen-bond donors (Lipinski definition) is 1. The molecule has 21 heavy (non-hydrogen) atoms. The molecule has 1 heterocycles. The predicted molar refractivity (Wildman–Crippen MR) is 91.2 cm³/mol. The van der Waals surface area contributed by atoms with E-state index in [1.165, 1.54) is 10.4 Å². The summed E-state index contributed by atoms with van der Waals surface area (Å²) in [5.41, 5.74) is 7.19. The van der Waals surface area contributed by atoms with E-state index in [4.69, 9.17) is 17.3 Å². The summed E-state index contributed by atoms with van der Waals surface area (Å²) in [5.74, 6) is 0. The molecule has 0 bridgehead atoms. The van der Waals surface area contributed by atoms with Gasteiger partial charge in [0.25, 0.3) is 10.0 Å². The maximum atomic E-state index is 12.6. The topological polar surface area (TPSA) is 63.4 Å². The Bertz CT molecular complexity index is 727. The number of halogens is 2. The average Bonchev–Trinajstić information content (AvgIpc) is 2.76. The van der Waals surface area contributed by atoms with Crippen LogP contribution in [0.1, 0.15) is 12.5 Å². The predicted octanol–water partition coefficient (Wildman–Crippen LogP) is 3.96. The lowest BCUT2D eigenvalue weighted by molar-refractivity contribution is 0.425. The zero-order valence-electron chi connectivity index (χ0n) is 11.2. The van der Waals surface area contributed by atoms with Crippen LogP contribution < -0.4 is 5.73 Å². The number of benzene rings is 1. The Morgan fingerprint density at radius 1 is 1.38 bits per heavy atom. The molecule has 2 aromatic rings. The van der Waals surface area contributed by atoms with Crippen LogP contribution in [0.25, 0.3) is 0 Å². The highest BCUT2D eigenvalue weighted by molar-refractivity contribution is 9.11. The fourth-order valence-corrected chi connectivity index (χ4v) is 5.83. The highest BCUT2D eigenvalue weighted by atomic mass is 79.9. The fourth-order valence-electron chi connectivity index (χ4n) is 1.84. The first kappa shape index (κ1) is 16.8. The molecular weight excluding hydrogens is 396 g/mol. The van der Waals surface area contributed by atoms with Gasteiger partial charge in [-0.25, -0.2) is 8.42 Å². The Hall–Kier alpha value is -0.600. The van der Waals surface area contributed by atoms with Crippen molar-refractivity contribution in [2.24, 2.45) is 0 Å². The highest BCUT2D eigenvalue weighted by Crippen LogP contribution is 2.36. The molecule has 2 N–H and O–H groups in total. The van der Waals surface area contributed by atoms with Crippen molar-refractivity contribution in [3.63, 3.8) is 0 Å². The quantitative estimate of drug-likeness (QED) is 0.760.